The molecular formula is C27H25N3O5S. The van der Waals surface area contributed by atoms with Crippen LogP contribution in [0, 0.1) is 6.92 Å². The van der Waals surface area contributed by atoms with Gasteiger partial charge in [0.2, 0.25) is 0 Å². The Hall–Kier alpha value is -4.37. The van der Waals surface area contributed by atoms with Gasteiger partial charge in [-0.15, -0.1) is 0 Å². The number of sulfonamides is 1. The molecule has 8 nitrogen and oxygen atoms in total. The molecule has 0 fully saturated rings. The summed E-state index contributed by atoms with van der Waals surface area (Å²) in [6.07, 6.45) is 1.52. The number of nitrogens with zero attached hydrogens (tertiary/aromatic N) is 1. The zero-order valence-corrected chi connectivity index (χ0v) is 20.6. The molecule has 9 heteroatoms. The molecule has 3 aromatic carbocycles. The summed E-state index contributed by atoms with van der Waals surface area (Å²) in [7, 11) is -2.51. The predicted octanol–water partition coefficient (Wildman–Crippen LogP) is 4.60. The lowest BCUT2D eigenvalue weighted by molar-refractivity contribution is 0.0949. The van der Waals surface area contributed by atoms with Crippen LogP contribution in [-0.2, 0) is 16.6 Å². The van der Waals surface area contributed by atoms with Crippen LogP contribution in [0.25, 0.3) is 0 Å². The Kier molecular flexibility index (Phi) is 7.21. The zero-order valence-electron chi connectivity index (χ0n) is 19.8. The molecule has 0 aliphatic carbocycles. The number of hydrogen-bond acceptors (Lipinski definition) is 5. The zero-order chi connectivity index (χ0) is 25.7. The molecule has 0 spiro atoms. The number of benzene rings is 3. The third-order valence-electron chi connectivity index (χ3n) is 5.59. The largest absolute Gasteiger partial charge is 0.467 e. The quantitative estimate of drug-likeness (QED) is 0.365. The molecule has 0 atom stereocenters. The number of nitrogens with one attached hydrogen (secondary N) is 2. The van der Waals surface area contributed by atoms with Crippen LogP contribution in [0.3, 0.4) is 0 Å². The monoisotopic (exact) mass is 503 g/mol. The van der Waals surface area contributed by atoms with Gasteiger partial charge in [-0.25, -0.2) is 8.42 Å². The molecule has 184 valence electrons. The van der Waals surface area contributed by atoms with E-state index >= 15 is 0 Å². The highest BCUT2D eigenvalue weighted by atomic mass is 32.2. The highest BCUT2D eigenvalue weighted by molar-refractivity contribution is 7.92. The lowest BCUT2D eigenvalue weighted by atomic mass is 10.1. The second-order valence-corrected chi connectivity index (χ2v) is 10.0. The SMILES string of the molecule is Cc1ccc(S(=O)(=O)N(C)c2ccccc2C(=O)Nc2ccccc2C(=O)NCc2ccco2)cc1. The first-order chi connectivity index (χ1) is 17.3. The second kappa shape index (κ2) is 10.5. The van der Waals surface area contributed by atoms with E-state index in [0.29, 0.717) is 11.4 Å². The van der Waals surface area contributed by atoms with Crippen molar-refractivity contribution in [3.05, 3.63) is 114 Å². The van der Waals surface area contributed by atoms with E-state index in [9.17, 15) is 18.0 Å². The Balaban J connectivity index is 1.58. The van der Waals surface area contributed by atoms with Gasteiger partial charge in [-0.05, 0) is 55.5 Å². The van der Waals surface area contributed by atoms with E-state index in [1.54, 1.807) is 66.7 Å². The number of anilines is 2. The Bertz CT molecular complexity index is 1480. The van der Waals surface area contributed by atoms with E-state index in [1.807, 2.05) is 6.92 Å². The number of aryl methyl sites for hydroxylation is 1. The van der Waals surface area contributed by atoms with Crippen LogP contribution < -0.4 is 14.9 Å². The highest BCUT2D eigenvalue weighted by Gasteiger charge is 2.25. The number of amides is 2. The van der Waals surface area contributed by atoms with Gasteiger partial charge < -0.3 is 15.1 Å². The van der Waals surface area contributed by atoms with Crippen LogP contribution >= 0.6 is 0 Å². The fourth-order valence-corrected chi connectivity index (χ4v) is 4.81. The standard InChI is InChI=1S/C27H25N3O5S/c1-19-13-15-21(16-14-19)36(33,34)30(2)25-12-6-4-10-23(25)27(32)29-24-11-5-3-9-22(24)26(31)28-18-20-8-7-17-35-20/h3-17H,18H2,1-2H3,(H,28,31)(H,29,32). The average molecular weight is 504 g/mol. The molecule has 0 bridgehead atoms. The topological polar surface area (TPSA) is 109 Å². The molecule has 36 heavy (non-hydrogen) atoms. The summed E-state index contributed by atoms with van der Waals surface area (Å²) in [6, 6.07) is 22.9. The minimum Gasteiger partial charge on any atom is -0.467 e. The number of hydrogen-bond donors (Lipinski definition) is 2. The molecule has 0 saturated heterocycles. The minimum absolute atomic E-state index is 0.115. The molecule has 1 heterocycles. The van der Waals surface area contributed by atoms with Gasteiger partial charge in [0.25, 0.3) is 21.8 Å². The number of rotatable bonds is 8. The van der Waals surface area contributed by atoms with Gasteiger partial charge in [-0.1, -0.05) is 42.0 Å². The highest BCUT2D eigenvalue weighted by Crippen LogP contribution is 2.27. The third-order valence-corrected chi connectivity index (χ3v) is 7.38. The van der Waals surface area contributed by atoms with E-state index in [0.717, 1.165) is 9.87 Å². The van der Waals surface area contributed by atoms with Crippen molar-refractivity contribution in [2.75, 3.05) is 16.7 Å². The second-order valence-electron chi connectivity index (χ2n) is 8.06. The van der Waals surface area contributed by atoms with Gasteiger partial charge in [0.1, 0.15) is 5.76 Å². The molecule has 0 saturated carbocycles. The fraction of sp³-hybridized carbons (Fsp3) is 0.111. The van der Waals surface area contributed by atoms with Crippen molar-refractivity contribution in [3.8, 4) is 0 Å². The molecule has 0 aliphatic heterocycles. The Morgan fingerprint density at radius 1 is 0.833 bits per heavy atom. The molecule has 0 radical (unpaired) electrons. The summed E-state index contributed by atoms with van der Waals surface area (Å²) in [6.45, 7) is 2.06. The van der Waals surface area contributed by atoms with Gasteiger partial charge in [-0.3, -0.25) is 13.9 Å². The molecule has 0 aliphatic rings. The van der Waals surface area contributed by atoms with Crippen LogP contribution in [0.4, 0.5) is 11.4 Å². The molecule has 2 amide bonds. The maximum Gasteiger partial charge on any atom is 0.264 e. The lowest BCUT2D eigenvalue weighted by Crippen LogP contribution is -2.29. The summed E-state index contributed by atoms with van der Waals surface area (Å²) >= 11 is 0. The van der Waals surface area contributed by atoms with E-state index in [2.05, 4.69) is 10.6 Å². The molecule has 4 aromatic rings. The van der Waals surface area contributed by atoms with Crippen molar-refractivity contribution in [1.29, 1.82) is 0 Å². The van der Waals surface area contributed by atoms with Crippen LogP contribution in [0.15, 0.2) is 101 Å². The summed E-state index contributed by atoms with van der Waals surface area (Å²) in [5.41, 5.74) is 1.83. The number of carbonyl (C=O) groups is 2. The summed E-state index contributed by atoms with van der Waals surface area (Å²) in [5, 5.41) is 5.51. The normalized spacial score (nSPS) is 11.1. The van der Waals surface area contributed by atoms with Crippen LogP contribution in [0.1, 0.15) is 32.0 Å². The molecule has 1 aromatic heterocycles. The van der Waals surface area contributed by atoms with Crippen molar-refractivity contribution >= 4 is 33.2 Å². The summed E-state index contributed by atoms with van der Waals surface area (Å²) in [5.74, 6) is -0.353. The van der Waals surface area contributed by atoms with Gasteiger partial charge in [-0.2, -0.15) is 0 Å². The number of furan rings is 1. The van der Waals surface area contributed by atoms with Gasteiger partial charge in [0.15, 0.2) is 0 Å². The van der Waals surface area contributed by atoms with Gasteiger partial charge >= 0.3 is 0 Å². The van der Waals surface area contributed by atoms with Gasteiger partial charge in [0, 0.05) is 7.05 Å². The van der Waals surface area contributed by atoms with Crippen LogP contribution in [0.2, 0.25) is 0 Å². The fourth-order valence-electron chi connectivity index (χ4n) is 3.59. The number of carbonyl (C=O) groups excluding carboxylic acids is 2. The third kappa shape index (κ3) is 5.31. The van der Waals surface area contributed by atoms with Crippen molar-refractivity contribution in [2.45, 2.75) is 18.4 Å². The Morgan fingerprint density at radius 3 is 2.19 bits per heavy atom. The van der Waals surface area contributed by atoms with Crippen molar-refractivity contribution in [1.82, 2.24) is 5.32 Å². The summed E-state index contributed by atoms with van der Waals surface area (Å²) < 4.78 is 32.8. The molecular weight excluding hydrogens is 478 g/mol. The Morgan fingerprint density at radius 2 is 1.50 bits per heavy atom. The van der Waals surface area contributed by atoms with E-state index in [4.69, 9.17) is 4.42 Å². The van der Waals surface area contributed by atoms with E-state index in [-0.39, 0.29) is 28.3 Å². The maximum absolute atomic E-state index is 13.3. The predicted molar refractivity (Wildman–Crippen MR) is 137 cm³/mol. The first kappa shape index (κ1) is 24.7. The van der Waals surface area contributed by atoms with Crippen molar-refractivity contribution in [2.24, 2.45) is 0 Å². The van der Waals surface area contributed by atoms with Gasteiger partial charge in [0.05, 0.1) is 40.2 Å². The van der Waals surface area contributed by atoms with Crippen molar-refractivity contribution < 1.29 is 22.4 Å². The minimum atomic E-state index is -3.91. The van der Waals surface area contributed by atoms with E-state index in [1.165, 1.54) is 31.5 Å². The maximum atomic E-state index is 13.3. The summed E-state index contributed by atoms with van der Waals surface area (Å²) in [4.78, 5) is 26.2. The van der Waals surface area contributed by atoms with Crippen LogP contribution in [0.5, 0.6) is 0 Å². The first-order valence-corrected chi connectivity index (χ1v) is 12.6. The first-order valence-electron chi connectivity index (χ1n) is 11.1. The molecule has 4 rings (SSSR count). The van der Waals surface area contributed by atoms with E-state index < -0.39 is 21.8 Å². The Labute approximate surface area is 209 Å². The van der Waals surface area contributed by atoms with Crippen LogP contribution in [-0.4, -0.2) is 27.3 Å². The molecule has 0 unspecified atom stereocenters. The smallest absolute Gasteiger partial charge is 0.264 e. The average Bonchev–Trinajstić information content (AvgIpc) is 3.41. The lowest BCUT2D eigenvalue weighted by Gasteiger charge is -2.22. The number of para-hydroxylation sites is 2. The molecule has 2 N–H and O–H groups in total. The van der Waals surface area contributed by atoms with Crippen molar-refractivity contribution in [3.63, 3.8) is 0 Å².